The molecule has 1 saturated heterocycles. The second-order valence-corrected chi connectivity index (χ2v) is 8.98. The molecule has 4 rings (SSSR count). The van der Waals surface area contributed by atoms with Crippen LogP contribution < -0.4 is 10.2 Å². The van der Waals surface area contributed by atoms with Gasteiger partial charge in [-0.15, -0.1) is 24.8 Å². The molecule has 2 heterocycles. The summed E-state index contributed by atoms with van der Waals surface area (Å²) in [6, 6.07) is 6.58. The Morgan fingerprint density at radius 1 is 1.12 bits per heavy atom. The van der Waals surface area contributed by atoms with Crippen LogP contribution in [0.15, 0.2) is 30.6 Å². The number of fused-ring (bicyclic) bond motifs is 1. The highest BCUT2D eigenvalue weighted by Crippen LogP contribution is 2.37. The van der Waals surface area contributed by atoms with Gasteiger partial charge in [-0.3, -0.25) is 4.79 Å². The van der Waals surface area contributed by atoms with Gasteiger partial charge in [0, 0.05) is 50.0 Å². The van der Waals surface area contributed by atoms with E-state index in [-0.39, 0.29) is 48.5 Å². The summed E-state index contributed by atoms with van der Waals surface area (Å²) in [5.74, 6) is 1.01. The van der Waals surface area contributed by atoms with Crippen molar-refractivity contribution in [3.8, 4) is 0 Å². The Bertz CT molecular complexity index is 920. The quantitative estimate of drug-likeness (QED) is 0.654. The molecule has 182 valence electrons. The zero-order chi connectivity index (χ0) is 22.0. The van der Waals surface area contributed by atoms with Gasteiger partial charge in [0.1, 0.15) is 18.0 Å². The molecular weight excluding hydrogens is 464 g/mol. The highest BCUT2D eigenvalue weighted by Gasteiger charge is 2.32. The van der Waals surface area contributed by atoms with Gasteiger partial charge in [-0.1, -0.05) is 32.9 Å². The van der Waals surface area contributed by atoms with Crippen molar-refractivity contribution in [1.82, 2.24) is 20.2 Å². The van der Waals surface area contributed by atoms with Crippen LogP contribution in [-0.4, -0.2) is 59.5 Å². The van der Waals surface area contributed by atoms with E-state index >= 15 is 0 Å². The van der Waals surface area contributed by atoms with Crippen LogP contribution in [0.1, 0.15) is 55.8 Å². The number of anilines is 1. The SMILES string of the molecule is CC(C)NC[C@@H](C(=O)N1CCN(c2ncnc3c2[C@H](C)CC3)CC1)c1ccc(F)cc1.Cl.Cl. The minimum Gasteiger partial charge on any atom is -0.353 e. The van der Waals surface area contributed by atoms with Crippen molar-refractivity contribution >= 4 is 36.5 Å². The van der Waals surface area contributed by atoms with Gasteiger partial charge in [0.25, 0.3) is 0 Å². The van der Waals surface area contributed by atoms with E-state index in [4.69, 9.17) is 0 Å². The fraction of sp³-hybridized carbons (Fsp3) is 0.542. The second kappa shape index (κ2) is 12.0. The summed E-state index contributed by atoms with van der Waals surface area (Å²) in [6.07, 6.45) is 3.82. The van der Waals surface area contributed by atoms with Gasteiger partial charge in [0.2, 0.25) is 5.91 Å². The third kappa shape index (κ3) is 6.14. The molecule has 1 aliphatic carbocycles. The largest absolute Gasteiger partial charge is 0.353 e. The minimum atomic E-state index is -0.321. The first-order valence-corrected chi connectivity index (χ1v) is 11.3. The first kappa shape index (κ1) is 27.3. The van der Waals surface area contributed by atoms with Crippen LogP contribution in [0.3, 0.4) is 0 Å². The van der Waals surface area contributed by atoms with E-state index in [9.17, 15) is 9.18 Å². The number of carbonyl (C=O) groups is 1. The molecule has 0 spiro atoms. The van der Waals surface area contributed by atoms with Crippen molar-refractivity contribution in [2.75, 3.05) is 37.6 Å². The maximum Gasteiger partial charge on any atom is 0.231 e. The molecule has 1 aliphatic heterocycles. The molecule has 0 bridgehead atoms. The Balaban J connectivity index is 0.00000193. The number of nitrogens with one attached hydrogen (secondary N) is 1. The molecule has 0 radical (unpaired) electrons. The lowest BCUT2D eigenvalue weighted by Crippen LogP contribution is -2.51. The molecule has 33 heavy (non-hydrogen) atoms. The number of hydrogen-bond donors (Lipinski definition) is 1. The van der Waals surface area contributed by atoms with E-state index < -0.39 is 0 Å². The maximum absolute atomic E-state index is 13.4. The van der Waals surface area contributed by atoms with Crippen LogP contribution in [0.4, 0.5) is 10.2 Å². The molecule has 9 heteroatoms. The summed E-state index contributed by atoms with van der Waals surface area (Å²) in [5, 5.41) is 3.38. The fourth-order valence-corrected chi connectivity index (χ4v) is 4.63. The molecule has 1 aromatic heterocycles. The number of amides is 1. The maximum atomic E-state index is 13.4. The molecule has 1 aromatic carbocycles. The predicted molar refractivity (Wildman–Crippen MR) is 134 cm³/mol. The van der Waals surface area contributed by atoms with Gasteiger partial charge < -0.3 is 15.1 Å². The first-order chi connectivity index (χ1) is 14.9. The number of rotatable bonds is 6. The molecule has 6 nitrogen and oxygen atoms in total. The summed E-state index contributed by atoms with van der Waals surface area (Å²) >= 11 is 0. The Morgan fingerprint density at radius 2 is 1.79 bits per heavy atom. The van der Waals surface area contributed by atoms with E-state index in [0.29, 0.717) is 25.6 Å². The molecule has 0 unspecified atom stereocenters. The van der Waals surface area contributed by atoms with Crippen molar-refractivity contribution in [2.45, 2.75) is 51.5 Å². The number of benzene rings is 1. The number of aromatic nitrogens is 2. The van der Waals surface area contributed by atoms with Crippen molar-refractivity contribution in [3.05, 3.63) is 53.2 Å². The summed E-state index contributed by atoms with van der Waals surface area (Å²) in [5.41, 5.74) is 3.31. The standard InChI is InChI=1S/C24H32FN5O.2ClH/c1-16(2)26-14-20(18-5-7-19(25)8-6-18)24(31)30-12-10-29(11-13-30)23-22-17(3)4-9-21(22)27-15-28-23;;/h5-8,15-17,20,26H,4,9-14H2,1-3H3;2*1H/t17-,20-;;/m1../s1. The van der Waals surface area contributed by atoms with E-state index in [1.54, 1.807) is 18.5 Å². The first-order valence-electron chi connectivity index (χ1n) is 11.3. The van der Waals surface area contributed by atoms with Gasteiger partial charge >= 0.3 is 0 Å². The van der Waals surface area contributed by atoms with Crippen molar-refractivity contribution in [1.29, 1.82) is 0 Å². The van der Waals surface area contributed by atoms with Gasteiger partial charge in [0.15, 0.2) is 0 Å². The number of hydrogen-bond acceptors (Lipinski definition) is 5. The van der Waals surface area contributed by atoms with Crippen molar-refractivity contribution in [2.24, 2.45) is 0 Å². The molecular formula is C24H34Cl2FN5O. The number of piperazine rings is 1. The highest BCUT2D eigenvalue weighted by molar-refractivity contribution is 5.86. The average Bonchev–Trinajstić information content (AvgIpc) is 3.16. The lowest BCUT2D eigenvalue weighted by Gasteiger charge is -2.38. The summed E-state index contributed by atoms with van der Waals surface area (Å²) in [7, 11) is 0. The van der Waals surface area contributed by atoms with Crippen LogP contribution in [0.2, 0.25) is 0 Å². The fourth-order valence-electron chi connectivity index (χ4n) is 4.63. The van der Waals surface area contributed by atoms with Crippen LogP contribution in [0.25, 0.3) is 0 Å². The van der Waals surface area contributed by atoms with Gasteiger partial charge in [-0.25, -0.2) is 14.4 Å². The van der Waals surface area contributed by atoms with Crippen LogP contribution >= 0.6 is 24.8 Å². The van der Waals surface area contributed by atoms with Crippen LogP contribution in [-0.2, 0) is 11.2 Å². The summed E-state index contributed by atoms with van der Waals surface area (Å²) < 4.78 is 13.4. The monoisotopic (exact) mass is 497 g/mol. The smallest absolute Gasteiger partial charge is 0.231 e. The van der Waals surface area contributed by atoms with Gasteiger partial charge in [-0.2, -0.15) is 0 Å². The Kier molecular flexibility index (Phi) is 9.88. The highest BCUT2D eigenvalue weighted by atomic mass is 35.5. The van der Waals surface area contributed by atoms with Crippen LogP contribution in [0, 0.1) is 5.82 Å². The van der Waals surface area contributed by atoms with Gasteiger partial charge in [0.05, 0.1) is 5.92 Å². The third-order valence-electron chi connectivity index (χ3n) is 6.44. The van der Waals surface area contributed by atoms with Crippen molar-refractivity contribution in [3.63, 3.8) is 0 Å². The Morgan fingerprint density at radius 3 is 2.42 bits per heavy atom. The zero-order valence-corrected chi connectivity index (χ0v) is 21.1. The zero-order valence-electron chi connectivity index (χ0n) is 19.5. The molecule has 2 aliphatic rings. The molecule has 2 atom stereocenters. The molecule has 2 aromatic rings. The van der Waals surface area contributed by atoms with Crippen molar-refractivity contribution < 1.29 is 9.18 Å². The Hall–Kier alpha value is -1.96. The van der Waals surface area contributed by atoms with Gasteiger partial charge in [-0.05, 0) is 36.5 Å². The number of nitrogens with zero attached hydrogens (tertiary/aromatic N) is 4. The molecule has 1 fully saturated rings. The number of halogens is 3. The molecule has 1 amide bonds. The van der Waals surface area contributed by atoms with E-state index in [1.165, 1.54) is 23.4 Å². The van der Waals surface area contributed by atoms with Crippen LogP contribution in [0.5, 0.6) is 0 Å². The molecule has 0 saturated carbocycles. The van der Waals surface area contributed by atoms with E-state index in [2.05, 4.69) is 41.0 Å². The number of carbonyl (C=O) groups excluding carboxylic acids is 1. The lowest BCUT2D eigenvalue weighted by molar-refractivity contribution is -0.133. The lowest BCUT2D eigenvalue weighted by atomic mass is 9.96. The minimum absolute atomic E-state index is 0. The predicted octanol–water partition coefficient (Wildman–Crippen LogP) is 3.94. The summed E-state index contributed by atoms with van der Waals surface area (Å²) in [6.45, 7) is 9.74. The normalized spacial score (nSPS) is 18.4. The van der Waals surface area contributed by atoms with E-state index in [0.717, 1.165) is 37.3 Å². The number of aryl methyl sites for hydroxylation is 1. The summed E-state index contributed by atoms with van der Waals surface area (Å²) in [4.78, 5) is 26.7. The average molecular weight is 498 g/mol. The third-order valence-corrected chi connectivity index (χ3v) is 6.44. The second-order valence-electron chi connectivity index (χ2n) is 8.98. The topological polar surface area (TPSA) is 61.4 Å². The molecule has 1 N–H and O–H groups in total. The Labute approximate surface area is 208 Å². The van der Waals surface area contributed by atoms with E-state index in [1.807, 2.05) is 4.90 Å².